The van der Waals surface area contributed by atoms with Crippen LogP contribution in [-0.4, -0.2) is 40.8 Å². The summed E-state index contributed by atoms with van der Waals surface area (Å²) < 4.78 is 37.2. The predicted molar refractivity (Wildman–Crippen MR) is 131 cm³/mol. The van der Waals surface area contributed by atoms with E-state index < -0.39 is 43.2 Å². The summed E-state index contributed by atoms with van der Waals surface area (Å²) in [5.74, 6) is -0.653. The summed E-state index contributed by atoms with van der Waals surface area (Å²) in [6.45, 7) is 5.18. The molecule has 0 fully saturated rings. The van der Waals surface area contributed by atoms with Crippen molar-refractivity contribution in [3.63, 3.8) is 0 Å². The van der Waals surface area contributed by atoms with Gasteiger partial charge in [0.15, 0.2) is 18.9 Å². The molecule has 1 aromatic carbocycles. The lowest BCUT2D eigenvalue weighted by Crippen LogP contribution is -2.33. The average Bonchev–Trinajstić information content (AvgIpc) is 3.28. The smallest absolute Gasteiger partial charge is 0.342 e. The van der Waals surface area contributed by atoms with Crippen molar-refractivity contribution in [2.45, 2.75) is 39.4 Å². The zero-order valence-electron chi connectivity index (χ0n) is 19.4. The molecular formula is C22H27BrN3O8P. The van der Waals surface area contributed by atoms with Gasteiger partial charge in [0.05, 0.1) is 16.5 Å². The SMILES string of the molecule is CC(C)OC(=O)[C@H](C)CNP(=O)(CO[C@@H]1C=C[C@H](n2cc(Br)c(=O)[nH]c2=O)O1)Oc1ccccc1. The number of rotatable bonds is 11. The first kappa shape index (κ1) is 27.1. The number of hydrogen-bond acceptors (Lipinski definition) is 8. The van der Waals surface area contributed by atoms with Gasteiger partial charge in [-0.3, -0.25) is 23.7 Å². The number of H-pyrrole nitrogens is 1. The zero-order valence-corrected chi connectivity index (χ0v) is 21.9. The van der Waals surface area contributed by atoms with Crippen molar-refractivity contribution in [2.24, 2.45) is 5.92 Å². The van der Waals surface area contributed by atoms with Gasteiger partial charge in [-0.05, 0) is 54.1 Å². The number of ether oxygens (including phenoxy) is 3. The largest absolute Gasteiger partial charge is 0.463 e. The Bertz CT molecular complexity index is 1210. The van der Waals surface area contributed by atoms with Crippen LogP contribution in [0.25, 0.3) is 0 Å². The van der Waals surface area contributed by atoms with Crippen LogP contribution in [0.5, 0.6) is 5.75 Å². The maximum Gasteiger partial charge on any atom is 0.342 e. The molecule has 1 aliphatic heterocycles. The highest BCUT2D eigenvalue weighted by Gasteiger charge is 2.31. The summed E-state index contributed by atoms with van der Waals surface area (Å²) in [6, 6.07) is 8.55. The van der Waals surface area contributed by atoms with Crippen LogP contribution in [0.2, 0.25) is 0 Å². The fraction of sp³-hybridized carbons (Fsp3) is 0.409. The second kappa shape index (κ2) is 12.0. The highest BCUT2D eigenvalue weighted by molar-refractivity contribution is 9.10. The number of hydrogen-bond donors (Lipinski definition) is 2. The van der Waals surface area contributed by atoms with Crippen LogP contribution in [0, 0.1) is 5.92 Å². The predicted octanol–water partition coefficient (Wildman–Crippen LogP) is 3.13. The van der Waals surface area contributed by atoms with Crippen molar-refractivity contribution in [3.8, 4) is 5.75 Å². The molecule has 0 bridgehead atoms. The molecule has 190 valence electrons. The molecule has 0 aliphatic carbocycles. The Labute approximate surface area is 210 Å². The second-order valence-corrected chi connectivity index (χ2v) is 11.0. The number of aromatic nitrogens is 2. The summed E-state index contributed by atoms with van der Waals surface area (Å²) in [4.78, 5) is 38.0. The van der Waals surface area contributed by atoms with E-state index in [0.717, 1.165) is 0 Å². The van der Waals surface area contributed by atoms with Crippen LogP contribution < -0.4 is 20.9 Å². The van der Waals surface area contributed by atoms with Crippen molar-refractivity contribution < 1.29 is 28.1 Å². The number of aromatic amines is 1. The summed E-state index contributed by atoms with van der Waals surface area (Å²) >= 11 is 3.07. The van der Waals surface area contributed by atoms with Crippen LogP contribution in [0.4, 0.5) is 0 Å². The molecule has 3 rings (SSSR count). The number of nitrogens with zero attached hydrogens (tertiary/aromatic N) is 1. The lowest BCUT2D eigenvalue weighted by Gasteiger charge is -2.24. The van der Waals surface area contributed by atoms with E-state index in [1.54, 1.807) is 63.3 Å². The van der Waals surface area contributed by atoms with Crippen LogP contribution in [0.1, 0.15) is 27.0 Å². The molecule has 13 heteroatoms. The van der Waals surface area contributed by atoms with E-state index in [4.69, 9.17) is 18.7 Å². The lowest BCUT2D eigenvalue weighted by molar-refractivity contribution is -0.151. The highest BCUT2D eigenvalue weighted by Crippen LogP contribution is 2.43. The topological polar surface area (TPSA) is 138 Å². The van der Waals surface area contributed by atoms with Crippen molar-refractivity contribution >= 4 is 29.4 Å². The number of nitrogens with one attached hydrogen (secondary N) is 2. The fourth-order valence-electron chi connectivity index (χ4n) is 2.95. The van der Waals surface area contributed by atoms with Gasteiger partial charge in [0.1, 0.15) is 5.75 Å². The normalized spacial score (nSPS) is 19.9. The molecular weight excluding hydrogens is 545 g/mol. The average molecular weight is 572 g/mol. The van der Waals surface area contributed by atoms with Gasteiger partial charge in [-0.2, -0.15) is 0 Å². The van der Waals surface area contributed by atoms with Crippen LogP contribution in [0.15, 0.2) is 62.7 Å². The third kappa shape index (κ3) is 7.74. The van der Waals surface area contributed by atoms with Gasteiger partial charge < -0.3 is 18.7 Å². The Balaban J connectivity index is 1.65. The second-order valence-electron chi connectivity index (χ2n) is 8.05. The lowest BCUT2D eigenvalue weighted by atomic mass is 10.2. The Kier molecular flexibility index (Phi) is 9.26. The van der Waals surface area contributed by atoms with Crippen LogP contribution >= 0.6 is 23.4 Å². The van der Waals surface area contributed by atoms with E-state index in [-0.39, 0.29) is 23.5 Å². The molecule has 0 amide bonds. The molecule has 0 saturated heterocycles. The Morgan fingerprint density at radius 3 is 2.63 bits per heavy atom. The maximum absolute atomic E-state index is 13.6. The number of carbonyl (C=O) groups is 1. The third-order valence-corrected chi connectivity index (χ3v) is 6.93. The number of esters is 1. The van der Waals surface area contributed by atoms with E-state index in [1.807, 2.05) is 0 Å². The highest BCUT2D eigenvalue weighted by atomic mass is 79.9. The molecule has 1 aliphatic rings. The molecule has 0 spiro atoms. The first-order chi connectivity index (χ1) is 16.6. The Hall–Kier alpha value is -2.50. The molecule has 0 saturated carbocycles. The van der Waals surface area contributed by atoms with Gasteiger partial charge in [-0.15, -0.1) is 0 Å². The molecule has 4 atom stereocenters. The molecule has 0 radical (unpaired) electrons. The van der Waals surface area contributed by atoms with Crippen molar-refractivity contribution in [3.05, 3.63) is 74.0 Å². The minimum Gasteiger partial charge on any atom is -0.463 e. The molecule has 2 aromatic rings. The zero-order chi connectivity index (χ0) is 25.6. The van der Waals surface area contributed by atoms with E-state index in [0.29, 0.717) is 5.75 Å². The molecule has 2 heterocycles. The van der Waals surface area contributed by atoms with Gasteiger partial charge >= 0.3 is 19.2 Å². The summed E-state index contributed by atoms with van der Waals surface area (Å²) in [5, 5.41) is 2.81. The van der Waals surface area contributed by atoms with Crippen molar-refractivity contribution in [1.29, 1.82) is 0 Å². The third-order valence-electron chi connectivity index (χ3n) is 4.70. The maximum atomic E-state index is 13.6. The van der Waals surface area contributed by atoms with E-state index in [9.17, 15) is 18.9 Å². The van der Waals surface area contributed by atoms with Crippen LogP contribution in [0.3, 0.4) is 0 Å². The first-order valence-electron chi connectivity index (χ1n) is 10.8. The summed E-state index contributed by atoms with van der Waals surface area (Å²) in [5.41, 5.74) is -1.21. The Morgan fingerprint density at radius 2 is 1.94 bits per heavy atom. The van der Waals surface area contributed by atoms with Gasteiger partial charge in [0.25, 0.3) is 5.56 Å². The van der Waals surface area contributed by atoms with Gasteiger partial charge in [-0.1, -0.05) is 25.1 Å². The number of carbonyl (C=O) groups excluding carboxylic acids is 1. The van der Waals surface area contributed by atoms with Gasteiger partial charge in [-0.25, -0.2) is 9.88 Å². The van der Waals surface area contributed by atoms with Gasteiger partial charge in [0, 0.05) is 12.7 Å². The van der Waals surface area contributed by atoms with E-state index in [2.05, 4.69) is 26.0 Å². The molecule has 11 nitrogen and oxygen atoms in total. The monoisotopic (exact) mass is 571 g/mol. The minimum absolute atomic E-state index is 0.0316. The van der Waals surface area contributed by atoms with Crippen molar-refractivity contribution in [1.82, 2.24) is 14.6 Å². The molecule has 1 aromatic heterocycles. The minimum atomic E-state index is -3.65. The van der Waals surface area contributed by atoms with Gasteiger partial charge in [0.2, 0.25) is 0 Å². The first-order valence-corrected chi connectivity index (χ1v) is 13.4. The summed E-state index contributed by atoms with van der Waals surface area (Å²) in [6.07, 6.45) is 1.99. The summed E-state index contributed by atoms with van der Waals surface area (Å²) in [7, 11) is -3.65. The Morgan fingerprint density at radius 1 is 1.23 bits per heavy atom. The van der Waals surface area contributed by atoms with E-state index >= 15 is 0 Å². The number of benzene rings is 1. The van der Waals surface area contributed by atoms with Crippen molar-refractivity contribution in [2.75, 3.05) is 12.9 Å². The fourth-order valence-corrected chi connectivity index (χ4v) is 4.84. The molecule has 1 unspecified atom stereocenters. The molecule has 2 N–H and O–H groups in total. The van der Waals surface area contributed by atoms with Crippen LogP contribution in [-0.2, 0) is 23.6 Å². The van der Waals surface area contributed by atoms with E-state index in [1.165, 1.54) is 10.8 Å². The number of para-hydroxylation sites is 1. The quantitative estimate of drug-likeness (QED) is 0.236. The number of halogens is 1. The standard InChI is InChI=1S/C22H27BrN3O8P/c1-14(2)32-21(28)15(3)11-24-35(30,34-16-7-5-4-6-8-16)13-31-19-10-9-18(33-19)26-12-17(23)20(27)25-22(26)29/h4-10,12,14-15,18-19H,11,13H2,1-3H3,(H,24,30)(H,25,27,29)/t15-,18-,19+,35?/m1/s1. The molecule has 35 heavy (non-hydrogen) atoms.